The number of carbonyl (C=O) groups is 2. The molecule has 2 atom stereocenters. The summed E-state index contributed by atoms with van der Waals surface area (Å²) in [5, 5.41) is 4.55. The number of rotatable bonds is 1. The van der Waals surface area contributed by atoms with E-state index in [1.165, 1.54) is 6.07 Å². The lowest BCUT2D eigenvalue weighted by atomic mass is 9.82. The summed E-state index contributed by atoms with van der Waals surface area (Å²) >= 11 is 0. The molecular formula is C12H10F2N2O3. The van der Waals surface area contributed by atoms with Gasteiger partial charge < -0.3 is 10.1 Å². The lowest BCUT2D eigenvalue weighted by Crippen LogP contribution is -2.50. The second kappa shape index (κ2) is 3.91. The van der Waals surface area contributed by atoms with Gasteiger partial charge in [-0.15, -0.1) is 0 Å². The minimum absolute atomic E-state index is 0.0719. The Morgan fingerprint density at radius 1 is 1.42 bits per heavy atom. The summed E-state index contributed by atoms with van der Waals surface area (Å²) in [6.07, 6.45) is -0.931. The molecule has 3 rings (SSSR count). The molecule has 2 aliphatic rings. The number of fused-ring (bicyclic) bond motifs is 2. The molecule has 1 aromatic carbocycles. The number of hydrogen-bond donors (Lipinski definition) is 2. The zero-order valence-electron chi connectivity index (χ0n) is 9.70. The number of ether oxygens (including phenoxy) is 1. The molecule has 5 nitrogen and oxygen atoms in total. The van der Waals surface area contributed by atoms with E-state index in [9.17, 15) is 18.4 Å². The molecule has 2 N–H and O–H groups in total. The van der Waals surface area contributed by atoms with Crippen LogP contribution in [-0.2, 0) is 10.3 Å². The second-order valence-corrected chi connectivity index (χ2v) is 4.55. The first-order valence-electron chi connectivity index (χ1n) is 5.71. The van der Waals surface area contributed by atoms with E-state index < -0.39 is 36.1 Å². The maximum atomic E-state index is 13.4. The van der Waals surface area contributed by atoms with E-state index >= 15 is 0 Å². The maximum absolute atomic E-state index is 13.4. The number of imide groups is 1. The Morgan fingerprint density at radius 2 is 2.21 bits per heavy atom. The van der Waals surface area contributed by atoms with Gasteiger partial charge in [0.25, 0.3) is 5.91 Å². The Labute approximate surface area is 106 Å². The molecule has 0 unspecified atom stereocenters. The van der Waals surface area contributed by atoms with Crippen molar-refractivity contribution in [3.05, 3.63) is 29.6 Å². The first kappa shape index (κ1) is 11.9. The molecule has 0 saturated carbocycles. The monoisotopic (exact) mass is 268 g/mol. The van der Waals surface area contributed by atoms with Gasteiger partial charge in [-0.25, -0.2) is 13.6 Å². The van der Waals surface area contributed by atoms with Crippen LogP contribution in [0, 0.1) is 5.82 Å². The van der Waals surface area contributed by atoms with Crippen LogP contribution in [0.5, 0.6) is 5.75 Å². The Kier molecular flexibility index (Phi) is 2.44. The fourth-order valence-electron chi connectivity index (χ4n) is 2.52. The van der Waals surface area contributed by atoms with E-state index in [1.54, 1.807) is 0 Å². The lowest BCUT2D eigenvalue weighted by Gasteiger charge is -2.36. The Morgan fingerprint density at radius 3 is 2.84 bits per heavy atom. The third kappa shape index (κ3) is 1.65. The fraction of sp³-hybridized carbons (Fsp3) is 0.333. The van der Waals surface area contributed by atoms with Gasteiger partial charge in [0.1, 0.15) is 24.3 Å². The molecule has 1 aromatic rings. The molecule has 3 amide bonds. The Bertz CT molecular complexity index is 578. The summed E-state index contributed by atoms with van der Waals surface area (Å²) in [5.74, 6) is -0.979. The quantitative estimate of drug-likeness (QED) is 0.746. The highest BCUT2D eigenvalue weighted by molar-refractivity contribution is 6.07. The normalized spacial score (nSPS) is 28.6. The molecule has 19 heavy (non-hydrogen) atoms. The molecule has 0 radical (unpaired) electrons. The van der Waals surface area contributed by atoms with Crippen molar-refractivity contribution >= 4 is 11.9 Å². The molecule has 0 aliphatic carbocycles. The van der Waals surface area contributed by atoms with E-state index in [0.29, 0.717) is 0 Å². The van der Waals surface area contributed by atoms with Gasteiger partial charge in [-0.2, -0.15) is 0 Å². The van der Waals surface area contributed by atoms with Crippen LogP contribution in [0.15, 0.2) is 18.2 Å². The SMILES string of the molecule is O=C1NC(=O)[C@@]2(C[C@@H](CF)Oc3ccc(F)cc32)N1. The number of nitrogens with one attached hydrogen (secondary N) is 2. The van der Waals surface area contributed by atoms with Gasteiger partial charge in [0.2, 0.25) is 0 Å². The first-order chi connectivity index (χ1) is 9.05. The van der Waals surface area contributed by atoms with Crippen LogP contribution in [0.25, 0.3) is 0 Å². The third-order valence-electron chi connectivity index (χ3n) is 3.34. The fourth-order valence-corrected chi connectivity index (χ4v) is 2.52. The average molecular weight is 268 g/mol. The smallest absolute Gasteiger partial charge is 0.322 e. The third-order valence-corrected chi connectivity index (χ3v) is 3.34. The van der Waals surface area contributed by atoms with Crippen LogP contribution in [0.1, 0.15) is 12.0 Å². The predicted octanol–water partition coefficient (Wildman–Crippen LogP) is 0.981. The van der Waals surface area contributed by atoms with Gasteiger partial charge in [-0.1, -0.05) is 0 Å². The minimum atomic E-state index is -1.45. The highest BCUT2D eigenvalue weighted by atomic mass is 19.1. The largest absolute Gasteiger partial charge is 0.487 e. The molecule has 1 fully saturated rings. The van der Waals surface area contributed by atoms with E-state index in [2.05, 4.69) is 10.6 Å². The van der Waals surface area contributed by atoms with E-state index in [0.717, 1.165) is 12.1 Å². The number of alkyl halides is 1. The van der Waals surface area contributed by atoms with Crippen LogP contribution < -0.4 is 15.4 Å². The standard InChI is InChI=1S/C12H10F2N2O3/c13-5-7-4-12(10(17)15-11(18)16-12)8-3-6(14)1-2-9(8)19-7/h1-3,7H,4-5H2,(H2,15,16,17,18)/t7-,12-/m0/s1. The van der Waals surface area contributed by atoms with Crippen LogP contribution in [0.2, 0.25) is 0 Å². The molecule has 0 bridgehead atoms. The van der Waals surface area contributed by atoms with Crippen molar-refractivity contribution in [3.63, 3.8) is 0 Å². The molecule has 1 spiro atoms. The zero-order valence-corrected chi connectivity index (χ0v) is 9.70. The van der Waals surface area contributed by atoms with Crippen LogP contribution >= 0.6 is 0 Å². The zero-order chi connectivity index (χ0) is 13.6. The highest BCUT2D eigenvalue weighted by Crippen LogP contribution is 2.41. The second-order valence-electron chi connectivity index (χ2n) is 4.55. The van der Waals surface area contributed by atoms with Crippen LogP contribution in [0.3, 0.4) is 0 Å². The van der Waals surface area contributed by atoms with Gasteiger partial charge in [0.15, 0.2) is 5.54 Å². The van der Waals surface area contributed by atoms with Crippen molar-refractivity contribution in [2.24, 2.45) is 0 Å². The summed E-state index contributed by atoms with van der Waals surface area (Å²) in [4.78, 5) is 23.3. The van der Waals surface area contributed by atoms with Crippen molar-refractivity contribution in [1.82, 2.24) is 10.6 Å². The van der Waals surface area contributed by atoms with Crippen molar-refractivity contribution in [1.29, 1.82) is 0 Å². The molecule has 100 valence electrons. The molecular weight excluding hydrogens is 258 g/mol. The molecule has 0 aromatic heterocycles. The number of carbonyl (C=O) groups excluding carboxylic acids is 2. The van der Waals surface area contributed by atoms with Crippen molar-refractivity contribution in [2.45, 2.75) is 18.1 Å². The van der Waals surface area contributed by atoms with Gasteiger partial charge in [-0.3, -0.25) is 10.1 Å². The van der Waals surface area contributed by atoms with Gasteiger partial charge in [-0.05, 0) is 18.2 Å². The number of amides is 3. The van der Waals surface area contributed by atoms with Gasteiger partial charge >= 0.3 is 6.03 Å². The Hall–Kier alpha value is -2.18. The maximum Gasteiger partial charge on any atom is 0.322 e. The summed E-state index contributed by atoms with van der Waals surface area (Å²) in [6, 6.07) is 2.92. The van der Waals surface area contributed by atoms with Crippen molar-refractivity contribution in [2.75, 3.05) is 6.67 Å². The topological polar surface area (TPSA) is 67.4 Å². The van der Waals surface area contributed by atoms with Crippen LogP contribution in [-0.4, -0.2) is 24.7 Å². The predicted molar refractivity (Wildman–Crippen MR) is 59.8 cm³/mol. The summed E-state index contributed by atoms with van der Waals surface area (Å²) in [6.45, 7) is -0.804. The van der Waals surface area contributed by atoms with E-state index in [1.807, 2.05) is 0 Å². The Balaban J connectivity index is 2.17. The summed E-state index contributed by atoms with van der Waals surface area (Å²) < 4.78 is 31.6. The van der Waals surface area contributed by atoms with Crippen molar-refractivity contribution in [3.8, 4) is 5.75 Å². The minimum Gasteiger partial charge on any atom is -0.487 e. The van der Waals surface area contributed by atoms with Crippen molar-refractivity contribution < 1.29 is 23.1 Å². The number of hydrogen-bond acceptors (Lipinski definition) is 3. The highest BCUT2D eigenvalue weighted by Gasteiger charge is 2.53. The van der Waals surface area contributed by atoms with Crippen LogP contribution in [0.4, 0.5) is 13.6 Å². The van der Waals surface area contributed by atoms with E-state index in [-0.39, 0.29) is 17.7 Å². The molecule has 2 aliphatic heterocycles. The summed E-state index contributed by atoms with van der Waals surface area (Å²) in [7, 11) is 0. The molecule has 1 saturated heterocycles. The van der Waals surface area contributed by atoms with Gasteiger partial charge in [0.05, 0.1) is 0 Å². The number of benzene rings is 1. The molecule has 2 heterocycles. The van der Waals surface area contributed by atoms with Gasteiger partial charge in [0, 0.05) is 12.0 Å². The lowest BCUT2D eigenvalue weighted by molar-refractivity contribution is -0.126. The number of halogens is 2. The molecule has 7 heteroatoms. The first-order valence-corrected chi connectivity index (χ1v) is 5.71. The van der Waals surface area contributed by atoms with E-state index in [4.69, 9.17) is 4.74 Å². The summed E-state index contributed by atoms with van der Waals surface area (Å²) in [5.41, 5.74) is -1.25. The average Bonchev–Trinajstić information content (AvgIpc) is 2.65. The number of urea groups is 1.